The first-order chi connectivity index (χ1) is 9.61. The van der Waals surface area contributed by atoms with E-state index in [4.69, 9.17) is 11.6 Å². The maximum atomic E-state index is 6.11. The molecule has 0 aromatic heterocycles. The SMILES string of the molecule is Cc1ccc(C2CC(Nc3ccc(Br)c(Cl)c3)C2)cc1. The van der Waals surface area contributed by atoms with Gasteiger partial charge in [0.2, 0.25) is 0 Å². The van der Waals surface area contributed by atoms with Crippen LogP contribution in [0.25, 0.3) is 0 Å². The van der Waals surface area contributed by atoms with Crippen LogP contribution < -0.4 is 5.32 Å². The van der Waals surface area contributed by atoms with Crippen LogP contribution in [0, 0.1) is 6.92 Å². The van der Waals surface area contributed by atoms with Gasteiger partial charge in [-0.2, -0.15) is 0 Å². The Balaban J connectivity index is 1.58. The first kappa shape index (κ1) is 14.0. The standard InChI is InChI=1S/C17H17BrClN/c1-11-2-4-12(5-3-11)13-8-15(9-13)20-14-6-7-16(18)17(19)10-14/h2-7,10,13,15,20H,8-9H2,1H3. The average Bonchev–Trinajstić information content (AvgIpc) is 2.39. The van der Waals surface area contributed by atoms with Gasteiger partial charge in [0, 0.05) is 16.2 Å². The zero-order valence-electron chi connectivity index (χ0n) is 11.4. The monoisotopic (exact) mass is 349 g/mol. The van der Waals surface area contributed by atoms with Crippen LogP contribution in [-0.2, 0) is 0 Å². The van der Waals surface area contributed by atoms with Gasteiger partial charge in [-0.05, 0) is 65.4 Å². The van der Waals surface area contributed by atoms with E-state index in [0.717, 1.165) is 15.2 Å². The zero-order valence-corrected chi connectivity index (χ0v) is 13.7. The smallest absolute Gasteiger partial charge is 0.0568 e. The number of rotatable bonds is 3. The Morgan fingerprint density at radius 2 is 1.80 bits per heavy atom. The molecule has 1 fully saturated rings. The average molecular weight is 351 g/mol. The van der Waals surface area contributed by atoms with Gasteiger partial charge in [0.25, 0.3) is 0 Å². The predicted octanol–water partition coefficient (Wildman–Crippen LogP) is 5.77. The highest BCUT2D eigenvalue weighted by molar-refractivity contribution is 9.10. The topological polar surface area (TPSA) is 12.0 Å². The normalized spacial score (nSPS) is 21.4. The Morgan fingerprint density at radius 1 is 1.10 bits per heavy atom. The molecule has 1 aliphatic rings. The number of anilines is 1. The summed E-state index contributed by atoms with van der Waals surface area (Å²) in [6.45, 7) is 2.13. The van der Waals surface area contributed by atoms with Gasteiger partial charge >= 0.3 is 0 Å². The maximum absolute atomic E-state index is 6.11. The van der Waals surface area contributed by atoms with Crippen LogP contribution in [0.3, 0.4) is 0 Å². The summed E-state index contributed by atoms with van der Waals surface area (Å²) in [4.78, 5) is 0. The minimum Gasteiger partial charge on any atom is -0.382 e. The van der Waals surface area contributed by atoms with E-state index >= 15 is 0 Å². The van der Waals surface area contributed by atoms with Gasteiger partial charge in [0.05, 0.1) is 5.02 Å². The molecule has 1 aliphatic carbocycles. The Hall–Kier alpha value is -0.990. The molecule has 0 bridgehead atoms. The molecule has 1 nitrogen and oxygen atoms in total. The molecule has 0 amide bonds. The molecule has 104 valence electrons. The second kappa shape index (κ2) is 5.79. The fourth-order valence-electron chi connectivity index (χ4n) is 2.67. The van der Waals surface area contributed by atoms with Crippen molar-refractivity contribution in [1.29, 1.82) is 0 Å². The molecule has 0 saturated heterocycles. The molecule has 0 spiro atoms. The molecule has 0 unspecified atom stereocenters. The highest BCUT2D eigenvalue weighted by Gasteiger charge is 2.30. The Morgan fingerprint density at radius 3 is 2.45 bits per heavy atom. The molecule has 2 aromatic rings. The molecule has 20 heavy (non-hydrogen) atoms. The number of hydrogen-bond donors (Lipinski definition) is 1. The summed E-state index contributed by atoms with van der Waals surface area (Å²) < 4.78 is 0.941. The van der Waals surface area contributed by atoms with Crippen LogP contribution in [0.2, 0.25) is 5.02 Å². The summed E-state index contributed by atoms with van der Waals surface area (Å²) >= 11 is 9.52. The third-order valence-electron chi connectivity index (χ3n) is 3.98. The fourth-order valence-corrected chi connectivity index (χ4v) is 3.10. The third-order valence-corrected chi connectivity index (χ3v) is 5.21. The van der Waals surface area contributed by atoms with Gasteiger partial charge in [-0.1, -0.05) is 41.4 Å². The summed E-state index contributed by atoms with van der Waals surface area (Å²) in [5.74, 6) is 0.694. The molecule has 3 heteroatoms. The number of hydrogen-bond acceptors (Lipinski definition) is 1. The molecule has 1 saturated carbocycles. The lowest BCUT2D eigenvalue weighted by molar-refractivity contribution is 0.374. The van der Waals surface area contributed by atoms with Crippen LogP contribution in [0.5, 0.6) is 0 Å². The predicted molar refractivity (Wildman–Crippen MR) is 89.7 cm³/mol. The zero-order chi connectivity index (χ0) is 14.1. The lowest BCUT2D eigenvalue weighted by Crippen LogP contribution is -2.33. The molecule has 0 atom stereocenters. The van der Waals surface area contributed by atoms with Crippen molar-refractivity contribution in [3.05, 3.63) is 63.1 Å². The third kappa shape index (κ3) is 3.02. The highest BCUT2D eigenvalue weighted by atomic mass is 79.9. The number of benzene rings is 2. The van der Waals surface area contributed by atoms with Gasteiger partial charge in [-0.15, -0.1) is 0 Å². The van der Waals surface area contributed by atoms with E-state index in [1.54, 1.807) is 0 Å². The number of aryl methyl sites for hydroxylation is 1. The summed E-state index contributed by atoms with van der Waals surface area (Å²) in [6, 6.07) is 15.5. The Bertz CT molecular complexity index is 603. The second-order valence-electron chi connectivity index (χ2n) is 5.55. The van der Waals surface area contributed by atoms with Crippen molar-refractivity contribution in [3.63, 3.8) is 0 Å². The van der Waals surface area contributed by atoms with Gasteiger partial charge in [-0.3, -0.25) is 0 Å². The van der Waals surface area contributed by atoms with Crippen molar-refractivity contribution in [2.75, 3.05) is 5.32 Å². The van der Waals surface area contributed by atoms with E-state index in [0.29, 0.717) is 12.0 Å². The molecule has 0 heterocycles. The first-order valence-corrected chi connectivity index (χ1v) is 8.07. The van der Waals surface area contributed by atoms with Crippen molar-refractivity contribution in [1.82, 2.24) is 0 Å². The van der Waals surface area contributed by atoms with Crippen molar-refractivity contribution >= 4 is 33.2 Å². The molecule has 0 aliphatic heterocycles. The molecule has 3 rings (SSSR count). The van der Waals surface area contributed by atoms with Crippen molar-refractivity contribution in [3.8, 4) is 0 Å². The molecule has 1 N–H and O–H groups in total. The number of nitrogens with one attached hydrogen (secondary N) is 1. The number of halogens is 2. The largest absolute Gasteiger partial charge is 0.382 e. The van der Waals surface area contributed by atoms with E-state index in [1.807, 2.05) is 12.1 Å². The molecule has 0 radical (unpaired) electrons. The first-order valence-electron chi connectivity index (χ1n) is 6.90. The van der Waals surface area contributed by atoms with Crippen LogP contribution in [0.4, 0.5) is 5.69 Å². The quantitative estimate of drug-likeness (QED) is 0.741. The van der Waals surface area contributed by atoms with Crippen LogP contribution in [0.15, 0.2) is 46.9 Å². The van der Waals surface area contributed by atoms with Gasteiger partial charge in [0.1, 0.15) is 0 Å². The van der Waals surface area contributed by atoms with E-state index < -0.39 is 0 Å². The van der Waals surface area contributed by atoms with Gasteiger partial charge in [0.15, 0.2) is 0 Å². The Labute approximate surface area is 133 Å². The minimum atomic E-state index is 0.554. The minimum absolute atomic E-state index is 0.554. The lowest BCUT2D eigenvalue weighted by Gasteiger charge is -2.37. The van der Waals surface area contributed by atoms with Gasteiger partial charge < -0.3 is 5.32 Å². The van der Waals surface area contributed by atoms with Crippen LogP contribution >= 0.6 is 27.5 Å². The van der Waals surface area contributed by atoms with Crippen molar-refractivity contribution < 1.29 is 0 Å². The van der Waals surface area contributed by atoms with E-state index in [-0.39, 0.29) is 0 Å². The molecular weight excluding hydrogens is 334 g/mol. The van der Waals surface area contributed by atoms with Crippen molar-refractivity contribution in [2.24, 2.45) is 0 Å². The summed E-state index contributed by atoms with van der Waals surface area (Å²) in [5, 5.41) is 4.31. The second-order valence-corrected chi connectivity index (χ2v) is 6.81. The summed E-state index contributed by atoms with van der Waals surface area (Å²) in [7, 11) is 0. The van der Waals surface area contributed by atoms with Gasteiger partial charge in [-0.25, -0.2) is 0 Å². The fraction of sp³-hybridized carbons (Fsp3) is 0.294. The highest BCUT2D eigenvalue weighted by Crippen LogP contribution is 2.39. The lowest BCUT2D eigenvalue weighted by atomic mass is 9.75. The Kier molecular flexibility index (Phi) is 4.04. The summed E-state index contributed by atoms with van der Waals surface area (Å²) in [6.07, 6.45) is 2.38. The van der Waals surface area contributed by atoms with Crippen molar-refractivity contribution in [2.45, 2.75) is 31.7 Å². The van der Waals surface area contributed by atoms with E-state index in [1.165, 1.54) is 24.0 Å². The molecule has 2 aromatic carbocycles. The van der Waals surface area contributed by atoms with E-state index in [9.17, 15) is 0 Å². The van der Waals surface area contributed by atoms with Crippen LogP contribution in [-0.4, -0.2) is 6.04 Å². The van der Waals surface area contributed by atoms with E-state index in [2.05, 4.69) is 58.5 Å². The molecular formula is C17H17BrClN. The summed E-state index contributed by atoms with van der Waals surface area (Å²) in [5.41, 5.74) is 3.89. The van der Waals surface area contributed by atoms with Crippen LogP contribution in [0.1, 0.15) is 29.9 Å². The maximum Gasteiger partial charge on any atom is 0.0568 e.